The van der Waals surface area contributed by atoms with Crippen LogP contribution in [0.3, 0.4) is 0 Å². The smallest absolute Gasteiger partial charge is 0.373 e. The Morgan fingerprint density at radius 3 is 2.12 bits per heavy atom. The first-order chi connectivity index (χ1) is 11.0. The summed E-state index contributed by atoms with van der Waals surface area (Å²) in [4.78, 5) is 0.174. The second-order valence-electron chi connectivity index (χ2n) is 5.57. The third-order valence-electron chi connectivity index (χ3n) is 3.76. The van der Waals surface area contributed by atoms with Gasteiger partial charge in [0.05, 0.1) is 10.6 Å². The summed E-state index contributed by atoms with van der Waals surface area (Å²) in [7, 11) is 0. The van der Waals surface area contributed by atoms with Crippen molar-refractivity contribution in [3.05, 3.63) is 22.4 Å². The maximum atomic E-state index is 12.9. The Labute approximate surface area is 138 Å². The van der Waals surface area contributed by atoms with Crippen LogP contribution in [0.2, 0.25) is 0 Å². The molecule has 1 aliphatic rings. The van der Waals surface area contributed by atoms with Crippen molar-refractivity contribution in [3.8, 4) is 0 Å². The van der Waals surface area contributed by atoms with E-state index in [9.17, 15) is 31.4 Å². The van der Waals surface area contributed by atoms with Gasteiger partial charge in [0.15, 0.2) is 0 Å². The lowest BCUT2D eigenvalue weighted by Gasteiger charge is -2.33. The van der Waals surface area contributed by atoms with Gasteiger partial charge in [-0.1, -0.05) is 6.07 Å². The molecular weight excluding hydrogens is 358 g/mol. The monoisotopic (exact) mass is 374 g/mol. The first-order valence-electron chi connectivity index (χ1n) is 7.27. The minimum absolute atomic E-state index is 0.174. The predicted molar refractivity (Wildman–Crippen MR) is 78.0 cm³/mol. The van der Waals surface area contributed by atoms with E-state index in [4.69, 9.17) is 0 Å². The van der Waals surface area contributed by atoms with Gasteiger partial charge >= 0.3 is 12.4 Å². The standard InChI is InChI=1S/C14H16F6N2OS/c15-13(16,17)12(23,14(18,19)20)9-10(11-5-4-8-24-11)21-22-6-2-1-3-7-22/h4-5,8,23H,1-3,6-7,9H2/b21-10+. The van der Waals surface area contributed by atoms with Crippen LogP contribution in [-0.2, 0) is 0 Å². The van der Waals surface area contributed by atoms with Gasteiger partial charge in [0.25, 0.3) is 5.60 Å². The Morgan fingerprint density at radius 2 is 1.67 bits per heavy atom. The first kappa shape index (κ1) is 19.0. The molecule has 0 spiro atoms. The molecule has 136 valence electrons. The van der Waals surface area contributed by atoms with Crippen molar-refractivity contribution < 1.29 is 31.4 Å². The zero-order chi connectivity index (χ0) is 18.0. The summed E-state index contributed by atoms with van der Waals surface area (Å²) in [6.07, 6.45) is -10.9. The number of hydrazone groups is 1. The summed E-state index contributed by atoms with van der Waals surface area (Å²) in [5.74, 6) is 0. The third kappa shape index (κ3) is 4.02. The predicted octanol–water partition coefficient (Wildman–Crippen LogP) is 4.18. The van der Waals surface area contributed by atoms with E-state index in [1.807, 2.05) is 0 Å². The van der Waals surface area contributed by atoms with Crippen molar-refractivity contribution in [1.29, 1.82) is 0 Å². The van der Waals surface area contributed by atoms with Crippen LogP contribution in [0.1, 0.15) is 30.6 Å². The molecule has 2 heterocycles. The molecule has 0 saturated carbocycles. The van der Waals surface area contributed by atoms with E-state index in [2.05, 4.69) is 5.10 Å². The van der Waals surface area contributed by atoms with E-state index in [1.165, 1.54) is 22.5 Å². The van der Waals surface area contributed by atoms with Crippen LogP contribution in [0, 0.1) is 0 Å². The fourth-order valence-electron chi connectivity index (χ4n) is 2.37. The number of hydrogen-bond acceptors (Lipinski definition) is 4. The largest absolute Gasteiger partial charge is 0.426 e. The third-order valence-corrected chi connectivity index (χ3v) is 4.68. The van der Waals surface area contributed by atoms with Crippen molar-refractivity contribution in [2.45, 2.75) is 43.6 Å². The van der Waals surface area contributed by atoms with E-state index < -0.39 is 30.1 Å². The lowest BCUT2D eigenvalue weighted by atomic mass is 9.94. The normalized spacial score (nSPS) is 18.1. The van der Waals surface area contributed by atoms with Crippen LogP contribution in [-0.4, -0.2) is 46.9 Å². The second-order valence-corrected chi connectivity index (χ2v) is 6.52. The zero-order valence-corrected chi connectivity index (χ0v) is 13.3. The van der Waals surface area contributed by atoms with Crippen molar-refractivity contribution >= 4 is 17.0 Å². The molecule has 2 rings (SSSR count). The minimum atomic E-state index is -5.86. The van der Waals surface area contributed by atoms with Gasteiger partial charge < -0.3 is 5.11 Å². The molecule has 3 nitrogen and oxygen atoms in total. The molecule has 0 atom stereocenters. The number of piperidine rings is 1. The molecule has 1 saturated heterocycles. The van der Waals surface area contributed by atoms with Gasteiger partial charge in [0, 0.05) is 19.5 Å². The number of nitrogens with zero attached hydrogens (tertiary/aromatic N) is 2. The molecule has 1 aromatic rings. The topological polar surface area (TPSA) is 35.8 Å². The van der Waals surface area contributed by atoms with Gasteiger partial charge in [0.2, 0.25) is 0 Å². The number of alkyl halides is 6. The maximum Gasteiger partial charge on any atom is 0.426 e. The molecule has 1 aliphatic heterocycles. The highest BCUT2D eigenvalue weighted by molar-refractivity contribution is 7.12. The molecule has 1 fully saturated rings. The van der Waals surface area contributed by atoms with E-state index >= 15 is 0 Å². The van der Waals surface area contributed by atoms with E-state index in [0.717, 1.165) is 30.6 Å². The van der Waals surface area contributed by atoms with Gasteiger partial charge in [-0.3, -0.25) is 5.01 Å². The van der Waals surface area contributed by atoms with Crippen molar-refractivity contribution in [1.82, 2.24) is 5.01 Å². The average molecular weight is 374 g/mol. The summed E-state index contributed by atoms with van der Waals surface area (Å²) >= 11 is 0.978. The maximum absolute atomic E-state index is 12.9. The number of thiophene rings is 1. The number of rotatable bonds is 4. The molecular formula is C14H16F6N2OS. The minimum Gasteiger partial charge on any atom is -0.373 e. The Bertz CT molecular complexity index is 547. The summed E-state index contributed by atoms with van der Waals surface area (Å²) in [5.41, 5.74) is -5.25. The molecule has 0 bridgehead atoms. The molecule has 0 aliphatic carbocycles. The van der Waals surface area contributed by atoms with E-state index in [1.54, 1.807) is 0 Å². The highest BCUT2D eigenvalue weighted by Crippen LogP contribution is 2.46. The van der Waals surface area contributed by atoms with Crippen LogP contribution in [0.15, 0.2) is 22.6 Å². The summed E-state index contributed by atoms with van der Waals surface area (Å²) in [5, 5.41) is 16.4. The fraction of sp³-hybridized carbons (Fsp3) is 0.643. The molecule has 0 unspecified atom stereocenters. The van der Waals surface area contributed by atoms with Crippen molar-refractivity contribution in [2.75, 3.05) is 13.1 Å². The molecule has 1 aromatic heterocycles. The first-order valence-corrected chi connectivity index (χ1v) is 8.15. The zero-order valence-electron chi connectivity index (χ0n) is 12.5. The van der Waals surface area contributed by atoms with Crippen molar-refractivity contribution in [2.24, 2.45) is 5.10 Å². The van der Waals surface area contributed by atoms with Crippen LogP contribution in [0.5, 0.6) is 0 Å². The van der Waals surface area contributed by atoms with Crippen LogP contribution in [0.4, 0.5) is 26.3 Å². The number of hydrogen-bond donors (Lipinski definition) is 1. The van der Waals surface area contributed by atoms with Gasteiger partial charge in [-0.25, -0.2) is 0 Å². The van der Waals surface area contributed by atoms with E-state index in [0.29, 0.717) is 13.1 Å². The van der Waals surface area contributed by atoms with Crippen LogP contribution >= 0.6 is 11.3 Å². The van der Waals surface area contributed by atoms with Crippen molar-refractivity contribution in [3.63, 3.8) is 0 Å². The van der Waals surface area contributed by atoms with E-state index in [-0.39, 0.29) is 4.88 Å². The summed E-state index contributed by atoms with van der Waals surface area (Å²) in [6.45, 7) is 0.927. The Hall–Kier alpha value is -1.29. The molecule has 0 amide bonds. The fourth-order valence-corrected chi connectivity index (χ4v) is 3.08. The number of halogens is 6. The molecule has 24 heavy (non-hydrogen) atoms. The van der Waals surface area contributed by atoms with Crippen LogP contribution in [0.25, 0.3) is 0 Å². The molecule has 0 radical (unpaired) electrons. The molecule has 0 aromatic carbocycles. The number of aliphatic hydroxyl groups is 1. The Balaban J connectivity index is 2.38. The Morgan fingerprint density at radius 1 is 1.08 bits per heavy atom. The lowest BCUT2D eigenvalue weighted by Crippen LogP contribution is -2.58. The Kier molecular flexibility index (Phi) is 5.48. The highest BCUT2D eigenvalue weighted by atomic mass is 32.1. The van der Waals surface area contributed by atoms with Gasteiger partial charge in [-0.2, -0.15) is 31.4 Å². The van der Waals surface area contributed by atoms with Gasteiger partial charge in [-0.05, 0) is 30.7 Å². The van der Waals surface area contributed by atoms with Crippen LogP contribution < -0.4 is 0 Å². The lowest BCUT2D eigenvalue weighted by molar-refractivity contribution is -0.365. The second kappa shape index (κ2) is 6.91. The average Bonchev–Trinajstić information content (AvgIpc) is 2.99. The highest BCUT2D eigenvalue weighted by Gasteiger charge is 2.70. The SMILES string of the molecule is OC(C/C(=N\N1CCCCC1)c1cccs1)(C(F)(F)F)C(F)(F)F. The summed E-state index contributed by atoms with van der Waals surface area (Å²) < 4.78 is 77.7. The quantitative estimate of drug-likeness (QED) is 0.634. The molecule has 10 heteroatoms. The van der Waals surface area contributed by atoms with Gasteiger partial charge in [-0.15, -0.1) is 11.3 Å². The van der Waals surface area contributed by atoms with Gasteiger partial charge in [0.1, 0.15) is 0 Å². The summed E-state index contributed by atoms with van der Waals surface area (Å²) in [6, 6.07) is 2.90. The molecule has 1 N–H and O–H groups in total.